The molecule has 22 heavy (non-hydrogen) atoms. The maximum atomic E-state index is 11.4. The monoisotopic (exact) mass is 336 g/mol. The minimum atomic E-state index is -1.30. The molecule has 0 heterocycles. The van der Waals surface area contributed by atoms with Gasteiger partial charge < -0.3 is 19.4 Å². The van der Waals surface area contributed by atoms with Gasteiger partial charge in [-0.05, 0) is 26.7 Å². The van der Waals surface area contributed by atoms with Crippen molar-refractivity contribution in [3.05, 3.63) is 25.3 Å². The van der Waals surface area contributed by atoms with Gasteiger partial charge in [0.1, 0.15) is 12.2 Å². The van der Waals surface area contributed by atoms with Crippen LogP contribution < -0.4 is 56.5 Å². The molecule has 0 N–H and O–H groups in total. The van der Waals surface area contributed by atoms with Crippen molar-refractivity contribution in [2.24, 2.45) is 5.41 Å². The van der Waals surface area contributed by atoms with Crippen molar-refractivity contribution < 1.29 is 80.3 Å². The van der Waals surface area contributed by atoms with E-state index in [1.165, 1.54) is 6.92 Å². The van der Waals surface area contributed by atoms with Crippen LogP contribution in [-0.4, -0.2) is 30.1 Å². The molecule has 2 atom stereocenters. The van der Waals surface area contributed by atoms with Crippen LogP contribution in [0.4, 0.5) is 0 Å². The van der Waals surface area contributed by atoms with E-state index in [4.69, 9.17) is 9.47 Å². The van der Waals surface area contributed by atoms with E-state index in [0.29, 0.717) is 0 Å². The molecule has 6 nitrogen and oxygen atoms in total. The van der Waals surface area contributed by atoms with E-state index in [1.807, 2.05) is 0 Å². The molecule has 0 aromatic rings. The van der Waals surface area contributed by atoms with Crippen molar-refractivity contribution in [3.8, 4) is 0 Å². The van der Waals surface area contributed by atoms with Gasteiger partial charge in [-0.1, -0.05) is 20.1 Å². The topological polar surface area (TPSA) is 92.7 Å². The average Bonchev–Trinajstić information content (AvgIpc) is 2.37. The Bertz CT molecular complexity index is 402. The molecular weight excluding hydrogens is 315 g/mol. The summed E-state index contributed by atoms with van der Waals surface area (Å²) in [5, 5.41) is 11.4. The molecule has 0 aliphatic rings. The van der Waals surface area contributed by atoms with Gasteiger partial charge in [0, 0.05) is 23.5 Å². The number of carboxylic acid groups (broad SMARTS) is 1. The molecule has 0 aliphatic heterocycles. The summed E-state index contributed by atoms with van der Waals surface area (Å²) < 4.78 is 9.91. The molecule has 2 unspecified atom stereocenters. The first-order valence-electron chi connectivity index (χ1n) is 6.52. The SMILES string of the molecule is C=CC(=O)OC(C)CC(C)(CC(C)OC(=O)C=C)C(=O)[O-].[K+]. The molecule has 0 fully saturated rings. The number of aliphatic carboxylic acids is 1. The normalized spacial score (nSPS) is 15.2. The minimum Gasteiger partial charge on any atom is -0.550 e. The first-order valence-corrected chi connectivity index (χ1v) is 6.52. The zero-order chi connectivity index (χ0) is 16.6. The standard InChI is InChI=1S/C15H22O6.K/c1-6-12(16)20-10(3)8-15(5,14(18)19)9-11(4)21-13(17)7-2;/h6-7,10-11H,1-2,8-9H2,3-5H3,(H,18,19);/q;+1/p-1. The molecule has 7 heteroatoms. The molecule has 0 bridgehead atoms. The second-order valence-electron chi connectivity index (χ2n) is 5.16. The predicted molar refractivity (Wildman–Crippen MR) is 73.9 cm³/mol. The zero-order valence-electron chi connectivity index (χ0n) is 13.6. The Morgan fingerprint density at radius 3 is 1.59 bits per heavy atom. The van der Waals surface area contributed by atoms with E-state index in [-0.39, 0.29) is 64.2 Å². The average molecular weight is 336 g/mol. The fraction of sp³-hybridized carbons (Fsp3) is 0.533. The third-order valence-electron chi connectivity index (χ3n) is 2.94. The third-order valence-corrected chi connectivity index (χ3v) is 2.94. The van der Waals surface area contributed by atoms with Gasteiger partial charge in [0.05, 0.1) is 0 Å². The smallest absolute Gasteiger partial charge is 0.550 e. The molecule has 118 valence electrons. The van der Waals surface area contributed by atoms with Crippen LogP contribution in [0.1, 0.15) is 33.6 Å². The molecular formula is C15H21KO6. The van der Waals surface area contributed by atoms with Crippen molar-refractivity contribution >= 4 is 17.9 Å². The van der Waals surface area contributed by atoms with Crippen LogP contribution in [0.25, 0.3) is 0 Å². The number of carboxylic acids is 1. The Kier molecular flexibility index (Phi) is 12.0. The van der Waals surface area contributed by atoms with E-state index >= 15 is 0 Å². The summed E-state index contributed by atoms with van der Waals surface area (Å²) in [6.07, 6.45) is 0.791. The molecule has 0 saturated heterocycles. The van der Waals surface area contributed by atoms with Crippen molar-refractivity contribution in [2.45, 2.75) is 45.8 Å². The third kappa shape index (κ3) is 8.85. The van der Waals surface area contributed by atoms with Gasteiger partial charge in [-0.2, -0.15) is 0 Å². The predicted octanol–water partition coefficient (Wildman–Crippen LogP) is -2.24. The molecule has 0 aromatic carbocycles. The minimum absolute atomic E-state index is 0. The van der Waals surface area contributed by atoms with Crippen LogP contribution in [0.2, 0.25) is 0 Å². The van der Waals surface area contributed by atoms with Crippen LogP contribution in [0.15, 0.2) is 25.3 Å². The first kappa shape index (κ1) is 23.8. The maximum absolute atomic E-state index is 11.4. The Balaban J connectivity index is 0. The summed E-state index contributed by atoms with van der Waals surface area (Å²) >= 11 is 0. The number of rotatable bonds is 9. The van der Waals surface area contributed by atoms with Gasteiger partial charge in [-0.25, -0.2) is 9.59 Å². The Morgan fingerprint density at radius 1 is 1.05 bits per heavy atom. The van der Waals surface area contributed by atoms with Gasteiger partial charge in [0.2, 0.25) is 0 Å². The van der Waals surface area contributed by atoms with E-state index < -0.39 is 35.5 Å². The zero-order valence-corrected chi connectivity index (χ0v) is 16.7. The van der Waals surface area contributed by atoms with Crippen molar-refractivity contribution in [1.82, 2.24) is 0 Å². The number of hydrogen-bond donors (Lipinski definition) is 0. The Hall–Kier alpha value is -0.474. The fourth-order valence-electron chi connectivity index (χ4n) is 2.10. The Labute approximate surface area is 173 Å². The van der Waals surface area contributed by atoms with Crippen LogP contribution in [0.5, 0.6) is 0 Å². The molecule has 0 aromatic heterocycles. The molecule has 0 radical (unpaired) electrons. The number of hydrogen-bond acceptors (Lipinski definition) is 6. The molecule has 0 rings (SSSR count). The van der Waals surface area contributed by atoms with E-state index in [0.717, 1.165) is 12.2 Å². The van der Waals surface area contributed by atoms with Crippen molar-refractivity contribution in [1.29, 1.82) is 0 Å². The summed E-state index contributed by atoms with van der Waals surface area (Å²) in [6.45, 7) is 11.1. The summed E-state index contributed by atoms with van der Waals surface area (Å²) in [5.41, 5.74) is -1.30. The van der Waals surface area contributed by atoms with Gasteiger partial charge in [0.15, 0.2) is 0 Å². The summed E-state index contributed by atoms with van der Waals surface area (Å²) in [4.78, 5) is 33.6. The van der Waals surface area contributed by atoms with E-state index in [2.05, 4.69) is 13.2 Å². The van der Waals surface area contributed by atoms with Gasteiger partial charge in [-0.3, -0.25) is 0 Å². The first-order chi connectivity index (χ1) is 9.64. The van der Waals surface area contributed by atoms with Crippen LogP contribution >= 0.6 is 0 Å². The van der Waals surface area contributed by atoms with Gasteiger partial charge >= 0.3 is 63.3 Å². The number of esters is 2. The summed E-state index contributed by atoms with van der Waals surface area (Å²) in [7, 11) is 0. The second-order valence-corrected chi connectivity index (χ2v) is 5.16. The van der Waals surface area contributed by atoms with Gasteiger partial charge in [0.25, 0.3) is 0 Å². The quantitative estimate of drug-likeness (QED) is 0.269. The number of carbonyl (C=O) groups excluding carboxylic acids is 3. The molecule has 0 aliphatic carbocycles. The molecule has 0 amide bonds. The largest absolute Gasteiger partial charge is 1.00 e. The summed E-state index contributed by atoms with van der Waals surface area (Å²) in [6, 6.07) is 0. The van der Waals surface area contributed by atoms with Crippen molar-refractivity contribution in [3.63, 3.8) is 0 Å². The second kappa shape index (κ2) is 11.1. The number of ether oxygens (including phenoxy) is 2. The van der Waals surface area contributed by atoms with Crippen LogP contribution in [-0.2, 0) is 23.9 Å². The maximum Gasteiger partial charge on any atom is 1.00 e. The Morgan fingerprint density at radius 2 is 1.36 bits per heavy atom. The van der Waals surface area contributed by atoms with Crippen LogP contribution in [0, 0.1) is 5.41 Å². The van der Waals surface area contributed by atoms with Gasteiger partial charge in [-0.15, -0.1) is 0 Å². The van der Waals surface area contributed by atoms with Crippen LogP contribution in [0.3, 0.4) is 0 Å². The molecule has 0 spiro atoms. The summed E-state index contributed by atoms with van der Waals surface area (Å²) in [5.74, 6) is -2.56. The number of carbonyl (C=O) groups is 3. The molecule has 0 saturated carbocycles. The fourth-order valence-corrected chi connectivity index (χ4v) is 2.10. The van der Waals surface area contributed by atoms with Crippen molar-refractivity contribution in [2.75, 3.05) is 0 Å². The van der Waals surface area contributed by atoms with E-state index in [1.54, 1.807) is 13.8 Å². The van der Waals surface area contributed by atoms with E-state index in [9.17, 15) is 19.5 Å².